The first-order valence-corrected chi connectivity index (χ1v) is 10.9. The lowest BCUT2D eigenvalue weighted by Crippen LogP contribution is -2.48. The van der Waals surface area contributed by atoms with Crippen molar-refractivity contribution in [2.75, 3.05) is 44.2 Å². The minimum Gasteiger partial charge on any atom is -0.493 e. The Morgan fingerprint density at radius 1 is 1.10 bits per heavy atom. The molecule has 7 nitrogen and oxygen atoms in total. The number of hydrogen-bond acceptors (Lipinski definition) is 6. The number of ether oxygens (including phenoxy) is 1. The fourth-order valence-electron chi connectivity index (χ4n) is 4.71. The predicted molar refractivity (Wildman–Crippen MR) is 115 cm³/mol. The molecular weight excluding hydrogens is 378 g/mol. The maximum atomic E-state index is 11.6. The Labute approximate surface area is 177 Å². The van der Waals surface area contributed by atoms with E-state index in [0.29, 0.717) is 12.6 Å². The third-order valence-electron chi connectivity index (χ3n) is 6.71. The fourth-order valence-corrected chi connectivity index (χ4v) is 4.71. The fraction of sp³-hybridized carbons (Fsp3) is 0.522. The van der Waals surface area contributed by atoms with E-state index in [1.807, 2.05) is 11.1 Å². The second-order valence-electron chi connectivity index (χ2n) is 8.50. The first-order valence-electron chi connectivity index (χ1n) is 10.9. The summed E-state index contributed by atoms with van der Waals surface area (Å²) < 4.78 is 5.65. The molecule has 158 valence electrons. The summed E-state index contributed by atoms with van der Waals surface area (Å²) in [5.41, 5.74) is 4.87. The summed E-state index contributed by atoms with van der Waals surface area (Å²) >= 11 is 0. The quantitative estimate of drug-likeness (QED) is 0.777. The third kappa shape index (κ3) is 3.62. The molecule has 1 aromatic heterocycles. The van der Waals surface area contributed by atoms with Gasteiger partial charge < -0.3 is 14.5 Å². The van der Waals surface area contributed by atoms with Crippen molar-refractivity contribution in [3.8, 4) is 5.75 Å². The largest absolute Gasteiger partial charge is 0.493 e. The Kier molecular flexibility index (Phi) is 5.06. The molecule has 1 atom stereocenters. The van der Waals surface area contributed by atoms with E-state index < -0.39 is 0 Å². The van der Waals surface area contributed by atoms with Gasteiger partial charge in [-0.2, -0.15) is 0 Å². The third-order valence-corrected chi connectivity index (χ3v) is 6.71. The Morgan fingerprint density at radius 2 is 1.93 bits per heavy atom. The minimum atomic E-state index is 0.117. The van der Waals surface area contributed by atoms with Crippen molar-refractivity contribution < 1.29 is 9.53 Å². The van der Waals surface area contributed by atoms with E-state index >= 15 is 0 Å². The molecule has 0 bridgehead atoms. The van der Waals surface area contributed by atoms with Crippen LogP contribution in [-0.4, -0.2) is 65.0 Å². The molecule has 2 aromatic rings. The summed E-state index contributed by atoms with van der Waals surface area (Å²) in [6.07, 6.45) is 3.74. The molecular formula is C23H29N5O2. The average Bonchev–Trinajstić information content (AvgIpc) is 3.26. The van der Waals surface area contributed by atoms with Gasteiger partial charge in [0, 0.05) is 76.8 Å². The van der Waals surface area contributed by atoms with Crippen LogP contribution in [0.3, 0.4) is 0 Å². The summed E-state index contributed by atoms with van der Waals surface area (Å²) in [7, 11) is 0. The van der Waals surface area contributed by atoms with E-state index in [0.717, 1.165) is 75.1 Å². The molecule has 1 amide bonds. The highest BCUT2D eigenvalue weighted by atomic mass is 16.5. The highest BCUT2D eigenvalue weighted by molar-refractivity contribution is 5.73. The number of carbonyl (C=O) groups is 1. The van der Waals surface area contributed by atoms with E-state index in [1.54, 1.807) is 6.92 Å². The van der Waals surface area contributed by atoms with E-state index in [-0.39, 0.29) is 5.91 Å². The SMILES string of the molecule is CC(=O)N1CCc2nc(N3CCN(C(C)c4ccc5c(c4)CCO5)CC3)ncc2C1. The van der Waals surface area contributed by atoms with Crippen LogP contribution in [0.1, 0.15) is 42.3 Å². The number of piperazine rings is 1. The van der Waals surface area contributed by atoms with E-state index in [4.69, 9.17) is 9.72 Å². The van der Waals surface area contributed by atoms with Crippen LogP contribution in [0.25, 0.3) is 0 Å². The molecule has 0 spiro atoms. The minimum absolute atomic E-state index is 0.117. The van der Waals surface area contributed by atoms with Gasteiger partial charge in [-0.05, 0) is 24.1 Å². The standard InChI is InChI=1S/C23H29N5O2/c1-16(18-3-4-22-19(13-18)6-12-30-22)26-8-10-27(11-9-26)23-24-14-20-15-28(17(2)29)7-5-21(20)25-23/h3-4,13-14,16H,5-12,15H2,1-2H3. The van der Waals surface area contributed by atoms with Gasteiger partial charge in [0.25, 0.3) is 0 Å². The number of amides is 1. The Hall–Kier alpha value is -2.67. The van der Waals surface area contributed by atoms with Gasteiger partial charge >= 0.3 is 0 Å². The molecule has 30 heavy (non-hydrogen) atoms. The molecule has 7 heteroatoms. The van der Waals surface area contributed by atoms with Gasteiger partial charge in [-0.25, -0.2) is 9.97 Å². The first-order chi connectivity index (χ1) is 14.6. The number of anilines is 1. The van der Waals surface area contributed by atoms with Crippen LogP contribution < -0.4 is 9.64 Å². The average molecular weight is 408 g/mol. The molecule has 1 fully saturated rings. The van der Waals surface area contributed by atoms with Crippen molar-refractivity contribution in [2.24, 2.45) is 0 Å². The molecule has 3 aliphatic heterocycles. The molecule has 3 aliphatic rings. The van der Waals surface area contributed by atoms with Crippen molar-refractivity contribution in [3.63, 3.8) is 0 Å². The lowest BCUT2D eigenvalue weighted by Gasteiger charge is -2.38. The summed E-state index contributed by atoms with van der Waals surface area (Å²) in [6.45, 7) is 9.94. The number of fused-ring (bicyclic) bond motifs is 2. The number of carbonyl (C=O) groups excluding carboxylic acids is 1. The Morgan fingerprint density at radius 3 is 2.73 bits per heavy atom. The van der Waals surface area contributed by atoms with Gasteiger partial charge in [-0.15, -0.1) is 0 Å². The zero-order valence-corrected chi connectivity index (χ0v) is 17.8. The Balaban J connectivity index is 1.22. The van der Waals surface area contributed by atoms with Crippen molar-refractivity contribution in [1.29, 1.82) is 0 Å². The van der Waals surface area contributed by atoms with Crippen LogP contribution in [0.15, 0.2) is 24.4 Å². The molecule has 1 saturated heterocycles. The maximum absolute atomic E-state index is 11.6. The molecule has 0 N–H and O–H groups in total. The van der Waals surface area contributed by atoms with Crippen LogP contribution >= 0.6 is 0 Å². The molecule has 0 saturated carbocycles. The van der Waals surface area contributed by atoms with Crippen LogP contribution in [-0.2, 0) is 24.2 Å². The van der Waals surface area contributed by atoms with E-state index in [2.05, 4.69) is 39.9 Å². The summed E-state index contributed by atoms with van der Waals surface area (Å²) in [4.78, 5) is 27.8. The number of hydrogen-bond donors (Lipinski definition) is 0. The monoisotopic (exact) mass is 407 g/mol. The van der Waals surface area contributed by atoms with Crippen molar-refractivity contribution >= 4 is 11.9 Å². The second-order valence-corrected chi connectivity index (χ2v) is 8.50. The second kappa shape index (κ2) is 7.87. The van der Waals surface area contributed by atoms with Gasteiger partial charge in [0.2, 0.25) is 11.9 Å². The number of benzene rings is 1. The van der Waals surface area contributed by atoms with Gasteiger partial charge in [0.1, 0.15) is 5.75 Å². The highest BCUT2D eigenvalue weighted by Gasteiger charge is 2.26. The van der Waals surface area contributed by atoms with Gasteiger partial charge in [-0.1, -0.05) is 12.1 Å². The summed E-state index contributed by atoms with van der Waals surface area (Å²) in [5.74, 6) is 1.99. The summed E-state index contributed by atoms with van der Waals surface area (Å²) in [5, 5.41) is 0. The smallest absolute Gasteiger partial charge is 0.225 e. The van der Waals surface area contributed by atoms with Crippen molar-refractivity contribution in [3.05, 3.63) is 46.8 Å². The van der Waals surface area contributed by atoms with Gasteiger partial charge in [0.05, 0.1) is 12.3 Å². The van der Waals surface area contributed by atoms with Crippen LogP contribution in [0.5, 0.6) is 5.75 Å². The predicted octanol–water partition coefficient (Wildman–Crippen LogP) is 2.20. The number of aromatic nitrogens is 2. The zero-order chi connectivity index (χ0) is 20.7. The van der Waals surface area contributed by atoms with E-state index in [1.165, 1.54) is 11.1 Å². The Bertz CT molecular complexity index is 955. The maximum Gasteiger partial charge on any atom is 0.225 e. The lowest BCUT2D eigenvalue weighted by atomic mass is 10.0. The molecule has 1 unspecified atom stereocenters. The van der Waals surface area contributed by atoms with Crippen molar-refractivity contribution in [2.45, 2.75) is 39.3 Å². The number of nitrogens with zero attached hydrogens (tertiary/aromatic N) is 5. The van der Waals surface area contributed by atoms with Crippen LogP contribution in [0.2, 0.25) is 0 Å². The van der Waals surface area contributed by atoms with Crippen LogP contribution in [0.4, 0.5) is 5.95 Å². The summed E-state index contributed by atoms with van der Waals surface area (Å²) in [6, 6.07) is 7.03. The molecule has 0 radical (unpaired) electrons. The molecule has 4 heterocycles. The highest BCUT2D eigenvalue weighted by Crippen LogP contribution is 2.31. The number of rotatable bonds is 3. The van der Waals surface area contributed by atoms with Gasteiger partial charge in [-0.3, -0.25) is 9.69 Å². The normalized spacial score (nSPS) is 19.8. The zero-order valence-electron chi connectivity index (χ0n) is 17.8. The molecule has 1 aromatic carbocycles. The lowest BCUT2D eigenvalue weighted by molar-refractivity contribution is -0.129. The molecule has 0 aliphatic carbocycles. The van der Waals surface area contributed by atoms with Gasteiger partial charge in [0.15, 0.2) is 0 Å². The van der Waals surface area contributed by atoms with Crippen molar-refractivity contribution in [1.82, 2.24) is 19.8 Å². The van der Waals surface area contributed by atoms with Crippen LogP contribution in [0, 0.1) is 0 Å². The van der Waals surface area contributed by atoms with E-state index in [9.17, 15) is 4.79 Å². The first kappa shape index (κ1) is 19.3. The molecule has 5 rings (SSSR count). The topological polar surface area (TPSA) is 61.8 Å².